The molecule has 1 aliphatic heterocycles. The van der Waals surface area contributed by atoms with Crippen LogP contribution in [0.25, 0.3) is 11.1 Å². The number of aromatic nitrogens is 2. The molecule has 1 saturated heterocycles. The molecule has 0 unspecified atom stereocenters. The molecular weight excluding hydrogens is 494 g/mol. The predicted octanol–water partition coefficient (Wildman–Crippen LogP) is 5.13. The maximum atomic E-state index is 14.6. The van der Waals surface area contributed by atoms with Crippen LogP contribution < -0.4 is 5.32 Å². The van der Waals surface area contributed by atoms with E-state index < -0.39 is 34.8 Å². The molecule has 194 valence electrons. The molecule has 0 bridgehead atoms. The third-order valence-electron chi connectivity index (χ3n) is 6.87. The molecule has 2 heterocycles. The molecule has 1 N–H and O–H groups in total. The normalized spacial score (nSPS) is 18.5. The van der Waals surface area contributed by atoms with Crippen LogP contribution in [-0.4, -0.2) is 42.0 Å². The average Bonchev–Trinajstić information content (AvgIpc) is 3.25. The first-order valence-corrected chi connectivity index (χ1v) is 11.7. The number of carbonyl (C=O) groups excluding carboxylic acids is 2. The lowest BCUT2D eigenvalue weighted by atomic mass is 9.93. The predicted molar refractivity (Wildman–Crippen MR) is 124 cm³/mol. The number of halogens is 4. The standard InChI is InChI=1S/C26H23F4N3O4/c1-36-23(34)20-11-17(3-4-19(20)15-12-31-33(13-15)18-6-9-37-14-18)32-24(35)25(7-8-25)21-5-2-16(10-22(21)27)26(28,29)30/h2-5,10-13,18H,6-9,14H2,1H3,(H,32,35)/t18-/m1/s1. The van der Waals surface area contributed by atoms with E-state index in [0.29, 0.717) is 30.4 Å². The zero-order chi connectivity index (χ0) is 26.4. The Bertz CT molecular complexity index is 1360. The number of anilines is 1. The lowest BCUT2D eigenvalue weighted by Gasteiger charge is -2.18. The number of hydrogen-bond donors (Lipinski definition) is 1. The Morgan fingerprint density at radius 2 is 1.97 bits per heavy atom. The molecule has 2 aromatic carbocycles. The van der Waals surface area contributed by atoms with Crippen LogP contribution in [0.15, 0.2) is 48.8 Å². The van der Waals surface area contributed by atoms with Crippen LogP contribution in [0.3, 0.4) is 0 Å². The zero-order valence-electron chi connectivity index (χ0n) is 19.8. The highest BCUT2D eigenvalue weighted by molar-refractivity contribution is 6.04. The molecule has 0 radical (unpaired) electrons. The maximum absolute atomic E-state index is 14.6. The topological polar surface area (TPSA) is 82.5 Å². The van der Waals surface area contributed by atoms with Crippen LogP contribution in [-0.2, 0) is 25.9 Å². The fraction of sp³-hybridized carbons (Fsp3) is 0.346. The molecule has 1 aliphatic carbocycles. The van der Waals surface area contributed by atoms with Gasteiger partial charge in [0.1, 0.15) is 5.82 Å². The summed E-state index contributed by atoms with van der Waals surface area (Å²) in [6.07, 6.45) is 0.153. The molecule has 1 saturated carbocycles. The summed E-state index contributed by atoms with van der Waals surface area (Å²) in [7, 11) is 1.24. The van der Waals surface area contributed by atoms with E-state index in [9.17, 15) is 27.2 Å². The van der Waals surface area contributed by atoms with Crippen molar-refractivity contribution in [2.24, 2.45) is 0 Å². The molecule has 2 fully saturated rings. The molecule has 11 heteroatoms. The van der Waals surface area contributed by atoms with Crippen LogP contribution in [0.1, 0.15) is 46.8 Å². The summed E-state index contributed by atoms with van der Waals surface area (Å²) in [5.74, 6) is -2.28. The summed E-state index contributed by atoms with van der Waals surface area (Å²) >= 11 is 0. The van der Waals surface area contributed by atoms with Crippen molar-refractivity contribution in [2.75, 3.05) is 25.6 Å². The van der Waals surface area contributed by atoms with Crippen molar-refractivity contribution < 1.29 is 36.6 Å². The molecule has 37 heavy (non-hydrogen) atoms. The number of alkyl halides is 3. The van der Waals surface area contributed by atoms with Crippen molar-refractivity contribution in [3.8, 4) is 11.1 Å². The van der Waals surface area contributed by atoms with Crippen LogP contribution in [0, 0.1) is 5.82 Å². The van der Waals surface area contributed by atoms with E-state index in [0.717, 1.165) is 18.6 Å². The van der Waals surface area contributed by atoms with E-state index in [-0.39, 0.29) is 35.7 Å². The molecule has 7 nitrogen and oxygen atoms in total. The molecular formula is C26H23F4N3O4. The summed E-state index contributed by atoms with van der Waals surface area (Å²) < 4.78 is 65.5. The first kappa shape index (κ1) is 24.9. The minimum Gasteiger partial charge on any atom is -0.465 e. The van der Waals surface area contributed by atoms with Crippen LogP contribution in [0.2, 0.25) is 0 Å². The van der Waals surface area contributed by atoms with Gasteiger partial charge >= 0.3 is 12.1 Å². The highest BCUT2D eigenvalue weighted by Gasteiger charge is 2.53. The Morgan fingerprint density at radius 3 is 2.59 bits per heavy atom. The number of hydrogen-bond acceptors (Lipinski definition) is 5. The van der Waals surface area contributed by atoms with Gasteiger partial charge in [-0.15, -0.1) is 0 Å². The Morgan fingerprint density at radius 1 is 1.19 bits per heavy atom. The van der Waals surface area contributed by atoms with Gasteiger partial charge in [-0.3, -0.25) is 9.48 Å². The third-order valence-corrected chi connectivity index (χ3v) is 6.87. The number of nitrogens with zero attached hydrogens (tertiary/aromatic N) is 2. The Balaban J connectivity index is 1.40. The molecule has 5 rings (SSSR count). The van der Waals surface area contributed by atoms with Gasteiger partial charge in [-0.1, -0.05) is 12.1 Å². The van der Waals surface area contributed by atoms with E-state index in [2.05, 4.69) is 10.4 Å². The van der Waals surface area contributed by atoms with Gasteiger partial charge in [0.25, 0.3) is 0 Å². The number of rotatable bonds is 6. The third kappa shape index (κ3) is 4.71. The van der Waals surface area contributed by atoms with Crippen LogP contribution >= 0.6 is 0 Å². The number of benzene rings is 2. The largest absolute Gasteiger partial charge is 0.465 e. The van der Waals surface area contributed by atoms with Gasteiger partial charge in [0.05, 0.1) is 42.5 Å². The fourth-order valence-electron chi connectivity index (χ4n) is 4.63. The molecule has 3 aromatic rings. The lowest BCUT2D eigenvalue weighted by molar-refractivity contribution is -0.137. The van der Waals surface area contributed by atoms with Gasteiger partial charge in [-0.05, 0) is 49.1 Å². The molecule has 1 amide bonds. The minimum absolute atomic E-state index is 0.0916. The second-order valence-electron chi connectivity index (χ2n) is 9.21. The number of ether oxygens (including phenoxy) is 2. The van der Waals surface area contributed by atoms with Gasteiger partial charge in [-0.25, -0.2) is 9.18 Å². The van der Waals surface area contributed by atoms with Gasteiger partial charge in [0.2, 0.25) is 5.91 Å². The van der Waals surface area contributed by atoms with E-state index in [4.69, 9.17) is 9.47 Å². The molecule has 2 aliphatic rings. The van der Waals surface area contributed by atoms with Gasteiger partial charge in [0, 0.05) is 29.6 Å². The number of nitrogens with one attached hydrogen (secondary N) is 1. The summed E-state index contributed by atoms with van der Waals surface area (Å²) in [4.78, 5) is 25.7. The van der Waals surface area contributed by atoms with E-state index in [1.165, 1.54) is 13.2 Å². The Kier molecular flexibility index (Phi) is 6.26. The van der Waals surface area contributed by atoms with E-state index in [1.807, 2.05) is 6.20 Å². The first-order chi connectivity index (χ1) is 17.6. The number of methoxy groups -OCH3 is 1. The first-order valence-electron chi connectivity index (χ1n) is 11.7. The Labute approximate surface area is 209 Å². The number of esters is 1. The monoisotopic (exact) mass is 517 g/mol. The molecule has 1 atom stereocenters. The Hall–Kier alpha value is -3.73. The highest BCUT2D eigenvalue weighted by Crippen LogP contribution is 2.50. The SMILES string of the molecule is COC(=O)c1cc(NC(=O)C2(c3ccc(C(F)(F)F)cc3F)CC2)ccc1-c1cnn([C@@H]2CCOC2)c1. The molecule has 0 spiro atoms. The van der Waals surface area contributed by atoms with Gasteiger partial charge < -0.3 is 14.8 Å². The minimum atomic E-state index is -4.69. The maximum Gasteiger partial charge on any atom is 0.416 e. The van der Waals surface area contributed by atoms with E-state index in [1.54, 1.807) is 23.0 Å². The smallest absolute Gasteiger partial charge is 0.416 e. The zero-order valence-corrected chi connectivity index (χ0v) is 19.8. The quantitative estimate of drug-likeness (QED) is 0.362. The van der Waals surface area contributed by atoms with Gasteiger partial charge in [0.15, 0.2) is 0 Å². The lowest BCUT2D eigenvalue weighted by Crippen LogP contribution is -2.29. The molecule has 1 aromatic heterocycles. The number of carbonyl (C=O) groups is 2. The van der Waals surface area contributed by atoms with E-state index >= 15 is 0 Å². The van der Waals surface area contributed by atoms with Crippen molar-refractivity contribution in [2.45, 2.75) is 36.9 Å². The second kappa shape index (κ2) is 9.29. The summed E-state index contributed by atoms with van der Waals surface area (Å²) in [6, 6.07) is 6.99. The van der Waals surface area contributed by atoms with Crippen molar-refractivity contribution in [1.29, 1.82) is 0 Å². The van der Waals surface area contributed by atoms with Crippen molar-refractivity contribution >= 4 is 17.6 Å². The second-order valence-corrected chi connectivity index (χ2v) is 9.21. The summed E-state index contributed by atoms with van der Waals surface area (Å²) in [5.41, 5.74) is -0.806. The average molecular weight is 517 g/mol. The van der Waals surface area contributed by atoms with Crippen molar-refractivity contribution in [1.82, 2.24) is 9.78 Å². The summed E-state index contributed by atoms with van der Waals surface area (Å²) in [6.45, 7) is 1.21. The number of amides is 1. The van der Waals surface area contributed by atoms with Gasteiger partial charge in [-0.2, -0.15) is 18.3 Å². The summed E-state index contributed by atoms with van der Waals surface area (Å²) in [5, 5.41) is 7.07. The van der Waals surface area contributed by atoms with Crippen molar-refractivity contribution in [3.05, 3.63) is 71.3 Å². The van der Waals surface area contributed by atoms with Crippen molar-refractivity contribution in [3.63, 3.8) is 0 Å². The highest BCUT2D eigenvalue weighted by atomic mass is 19.4. The van der Waals surface area contributed by atoms with Crippen LogP contribution in [0.4, 0.5) is 23.2 Å². The fourth-order valence-corrected chi connectivity index (χ4v) is 4.63. The van der Waals surface area contributed by atoms with Crippen LogP contribution in [0.5, 0.6) is 0 Å².